The summed E-state index contributed by atoms with van der Waals surface area (Å²) in [4.78, 5) is 32.1. The van der Waals surface area contributed by atoms with Crippen LogP contribution in [-0.2, 0) is 16.1 Å². The number of aryl methyl sites for hydroxylation is 1. The summed E-state index contributed by atoms with van der Waals surface area (Å²) in [7, 11) is 0. The van der Waals surface area contributed by atoms with Crippen LogP contribution < -0.4 is 5.32 Å². The zero-order chi connectivity index (χ0) is 22.1. The van der Waals surface area contributed by atoms with Crippen molar-refractivity contribution in [3.05, 3.63) is 98.9 Å². The van der Waals surface area contributed by atoms with E-state index in [9.17, 15) is 9.59 Å². The lowest BCUT2D eigenvalue weighted by atomic mass is 10.0. The Morgan fingerprint density at radius 2 is 1.81 bits per heavy atom. The van der Waals surface area contributed by atoms with Gasteiger partial charge in [-0.2, -0.15) is 0 Å². The highest BCUT2D eigenvalue weighted by molar-refractivity contribution is 6.41. The van der Waals surface area contributed by atoms with Gasteiger partial charge in [0, 0.05) is 28.7 Å². The molecule has 5 nitrogen and oxygen atoms in total. The van der Waals surface area contributed by atoms with Gasteiger partial charge in [-0.25, -0.2) is 0 Å². The lowest BCUT2D eigenvalue weighted by Gasteiger charge is -2.16. The minimum atomic E-state index is -0.425. The molecule has 7 heteroatoms. The molecule has 2 aromatic carbocycles. The number of hydrogen-bond acceptors (Lipinski definition) is 4. The highest BCUT2D eigenvalue weighted by atomic mass is 35.5. The summed E-state index contributed by atoms with van der Waals surface area (Å²) in [6.45, 7) is 4.06. The molecule has 1 aliphatic heterocycles. The number of carbonyl (C=O) groups excluding carboxylic acids is 2. The van der Waals surface area contributed by atoms with Crippen molar-refractivity contribution in [3.8, 4) is 0 Å². The van der Waals surface area contributed by atoms with Crippen LogP contribution in [0.2, 0.25) is 10.0 Å². The first kappa shape index (κ1) is 21.1. The third kappa shape index (κ3) is 4.07. The molecule has 0 unspecified atom stereocenters. The molecule has 3 aromatic rings. The van der Waals surface area contributed by atoms with E-state index in [1.54, 1.807) is 36.7 Å². The van der Waals surface area contributed by atoms with Crippen LogP contribution in [0.15, 0.2) is 66.6 Å². The first-order chi connectivity index (χ1) is 14.9. The highest BCUT2D eigenvalue weighted by Crippen LogP contribution is 2.36. The van der Waals surface area contributed by atoms with E-state index in [0.717, 1.165) is 22.4 Å². The molecule has 31 heavy (non-hydrogen) atoms. The Morgan fingerprint density at radius 3 is 2.52 bits per heavy atom. The second-order valence-corrected chi connectivity index (χ2v) is 8.15. The van der Waals surface area contributed by atoms with E-state index in [1.807, 2.05) is 38.1 Å². The van der Waals surface area contributed by atoms with E-state index in [4.69, 9.17) is 23.2 Å². The molecular formula is C24H19Cl2N3O2. The Morgan fingerprint density at radius 1 is 1.00 bits per heavy atom. The number of pyridine rings is 1. The average Bonchev–Trinajstić information content (AvgIpc) is 2.97. The van der Waals surface area contributed by atoms with E-state index in [1.165, 1.54) is 4.90 Å². The summed E-state index contributed by atoms with van der Waals surface area (Å²) in [6, 6.07) is 14.2. The molecule has 0 atom stereocenters. The van der Waals surface area contributed by atoms with Gasteiger partial charge in [0.15, 0.2) is 0 Å². The van der Waals surface area contributed by atoms with Crippen molar-refractivity contribution in [1.29, 1.82) is 0 Å². The molecule has 0 fully saturated rings. The maximum absolute atomic E-state index is 13.4. The Bertz CT molecular complexity index is 1220. The van der Waals surface area contributed by atoms with Gasteiger partial charge in [-0.15, -0.1) is 0 Å². The summed E-state index contributed by atoms with van der Waals surface area (Å²) >= 11 is 12.5. The van der Waals surface area contributed by atoms with Gasteiger partial charge in [-0.3, -0.25) is 19.5 Å². The van der Waals surface area contributed by atoms with Gasteiger partial charge in [-0.1, -0.05) is 47.5 Å². The van der Waals surface area contributed by atoms with Gasteiger partial charge in [0.25, 0.3) is 11.8 Å². The number of aromatic nitrogens is 1. The predicted molar refractivity (Wildman–Crippen MR) is 123 cm³/mol. The molecule has 2 heterocycles. The number of halogens is 2. The van der Waals surface area contributed by atoms with E-state index >= 15 is 0 Å². The Labute approximate surface area is 190 Å². The zero-order valence-electron chi connectivity index (χ0n) is 16.9. The van der Waals surface area contributed by atoms with Crippen molar-refractivity contribution in [1.82, 2.24) is 9.88 Å². The molecule has 2 amide bonds. The van der Waals surface area contributed by atoms with Crippen LogP contribution in [0.4, 0.5) is 5.69 Å². The first-order valence-corrected chi connectivity index (χ1v) is 10.4. The molecule has 4 rings (SSSR count). The van der Waals surface area contributed by atoms with Gasteiger partial charge >= 0.3 is 0 Å². The summed E-state index contributed by atoms with van der Waals surface area (Å²) in [5.41, 5.74) is 4.41. The summed E-state index contributed by atoms with van der Waals surface area (Å²) in [5, 5.41) is 3.94. The number of nitrogens with one attached hydrogen (secondary N) is 1. The Balaban J connectivity index is 1.81. The summed E-state index contributed by atoms with van der Waals surface area (Å²) in [5.74, 6) is -0.846. The van der Waals surface area contributed by atoms with E-state index in [0.29, 0.717) is 15.6 Å². The highest BCUT2D eigenvalue weighted by Gasteiger charge is 2.40. The smallest absolute Gasteiger partial charge is 0.278 e. The molecule has 1 N–H and O–H groups in total. The third-order valence-electron chi connectivity index (χ3n) is 5.30. The van der Waals surface area contributed by atoms with Crippen molar-refractivity contribution in [2.75, 3.05) is 5.32 Å². The second-order valence-electron chi connectivity index (χ2n) is 7.30. The predicted octanol–water partition coefficient (Wildman–Crippen LogP) is 5.40. The monoisotopic (exact) mass is 451 g/mol. The standard InChI is InChI=1S/C24H19Cl2N3O2/c1-14-5-3-7-20(15(14)2)28-22-21(18-9-8-17(25)11-19(18)26)23(30)29(24(22)31)13-16-6-4-10-27-12-16/h3-12,28H,13H2,1-2H3. The van der Waals surface area contributed by atoms with Crippen molar-refractivity contribution in [2.45, 2.75) is 20.4 Å². The topological polar surface area (TPSA) is 62.3 Å². The molecular weight excluding hydrogens is 433 g/mol. The van der Waals surface area contributed by atoms with Gasteiger partial charge in [0.05, 0.1) is 17.1 Å². The van der Waals surface area contributed by atoms with Crippen LogP contribution in [0.3, 0.4) is 0 Å². The maximum Gasteiger partial charge on any atom is 0.278 e. The van der Waals surface area contributed by atoms with Crippen LogP contribution in [-0.4, -0.2) is 21.7 Å². The molecule has 0 aliphatic carbocycles. The van der Waals surface area contributed by atoms with Gasteiger partial charge < -0.3 is 5.32 Å². The molecule has 0 spiro atoms. The minimum absolute atomic E-state index is 0.109. The number of amides is 2. The van der Waals surface area contributed by atoms with E-state index < -0.39 is 11.8 Å². The number of anilines is 1. The number of rotatable bonds is 5. The number of hydrogen-bond donors (Lipinski definition) is 1. The average molecular weight is 452 g/mol. The fraction of sp³-hybridized carbons (Fsp3) is 0.125. The van der Waals surface area contributed by atoms with Crippen molar-refractivity contribution in [2.24, 2.45) is 0 Å². The van der Waals surface area contributed by atoms with Crippen molar-refractivity contribution < 1.29 is 9.59 Å². The van der Waals surface area contributed by atoms with Crippen molar-refractivity contribution >= 4 is 46.3 Å². The van der Waals surface area contributed by atoms with Crippen LogP contribution in [0.5, 0.6) is 0 Å². The number of benzene rings is 2. The lowest BCUT2D eigenvalue weighted by molar-refractivity contribution is -0.137. The summed E-state index contributed by atoms with van der Waals surface area (Å²) < 4.78 is 0. The normalized spacial score (nSPS) is 13.9. The second kappa shape index (κ2) is 8.53. The minimum Gasteiger partial charge on any atom is -0.350 e. The molecule has 1 aromatic heterocycles. The molecule has 0 saturated heterocycles. The molecule has 0 bridgehead atoms. The fourth-order valence-electron chi connectivity index (χ4n) is 3.47. The maximum atomic E-state index is 13.4. The van der Waals surface area contributed by atoms with Gasteiger partial charge in [0.2, 0.25) is 0 Å². The molecule has 1 aliphatic rings. The first-order valence-electron chi connectivity index (χ1n) is 9.65. The molecule has 0 saturated carbocycles. The SMILES string of the molecule is Cc1cccc(NC2=C(c3ccc(Cl)cc3Cl)C(=O)N(Cc3cccnc3)C2=O)c1C. The number of imide groups is 1. The summed E-state index contributed by atoms with van der Waals surface area (Å²) in [6.07, 6.45) is 3.27. The van der Waals surface area contributed by atoms with Gasteiger partial charge in [-0.05, 0) is 54.8 Å². The van der Waals surface area contributed by atoms with Gasteiger partial charge in [0.1, 0.15) is 5.70 Å². The lowest BCUT2D eigenvalue weighted by Crippen LogP contribution is -2.32. The molecule has 156 valence electrons. The van der Waals surface area contributed by atoms with Crippen LogP contribution in [0.25, 0.3) is 5.57 Å². The largest absolute Gasteiger partial charge is 0.350 e. The number of carbonyl (C=O) groups is 2. The Kier molecular flexibility index (Phi) is 5.81. The zero-order valence-corrected chi connectivity index (χ0v) is 18.5. The van der Waals surface area contributed by atoms with Crippen LogP contribution in [0.1, 0.15) is 22.3 Å². The third-order valence-corrected chi connectivity index (χ3v) is 5.84. The Hall–Kier alpha value is -3.15. The quantitative estimate of drug-likeness (QED) is 0.527. The van der Waals surface area contributed by atoms with Crippen LogP contribution in [0, 0.1) is 13.8 Å². The fourth-order valence-corrected chi connectivity index (χ4v) is 3.98. The van der Waals surface area contributed by atoms with Crippen LogP contribution >= 0.6 is 23.2 Å². The number of nitrogens with zero attached hydrogens (tertiary/aromatic N) is 2. The van der Waals surface area contributed by atoms with E-state index in [-0.39, 0.29) is 17.8 Å². The molecule has 0 radical (unpaired) electrons. The van der Waals surface area contributed by atoms with E-state index in [2.05, 4.69) is 10.3 Å². The van der Waals surface area contributed by atoms with Crippen molar-refractivity contribution in [3.63, 3.8) is 0 Å².